The SMILES string of the molecule is C/[C]=C/C=CCCCCC. The molecule has 57 valence electrons. The van der Waals surface area contributed by atoms with Crippen LogP contribution in [-0.4, -0.2) is 0 Å². The molecule has 0 amide bonds. The molecule has 0 heteroatoms. The van der Waals surface area contributed by atoms with E-state index in [1.54, 1.807) is 0 Å². The van der Waals surface area contributed by atoms with Gasteiger partial charge >= 0.3 is 0 Å². The minimum absolute atomic E-state index is 1.21. The zero-order valence-electron chi connectivity index (χ0n) is 7.06. The Morgan fingerprint density at radius 2 is 2.10 bits per heavy atom. The summed E-state index contributed by atoms with van der Waals surface area (Å²) in [4.78, 5) is 0. The summed E-state index contributed by atoms with van der Waals surface area (Å²) < 4.78 is 0. The second-order valence-electron chi connectivity index (χ2n) is 2.38. The highest BCUT2D eigenvalue weighted by Gasteiger charge is 1.79. The van der Waals surface area contributed by atoms with Gasteiger partial charge in [0.2, 0.25) is 0 Å². The molecule has 10 heavy (non-hydrogen) atoms. The van der Waals surface area contributed by atoms with Crippen LogP contribution in [0.3, 0.4) is 0 Å². The number of unbranched alkanes of at least 4 members (excludes halogenated alkanes) is 3. The van der Waals surface area contributed by atoms with Crippen molar-refractivity contribution in [1.29, 1.82) is 0 Å². The number of rotatable bonds is 5. The molecule has 0 aliphatic rings. The third-order valence-corrected chi connectivity index (χ3v) is 1.37. The summed E-state index contributed by atoms with van der Waals surface area (Å²) in [6, 6.07) is 0. The Labute approximate surface area is 64.6 Å². The number of hydrogen-bond donors (Lipinski definition) is 0. The third kappa shape index (κ3) is 7.48. The van der Waals surface area contributed by atoms with Crippen molar-refractivity contribution in [2.75, 3.05) is 0 Å². The molecular formula is C10H17. The van der Waals surface area contributed by atoms with Crippen molar-refractivity contribution >= 4 is 0 Å². The predicted octanol–water partition coefficient (Wildman–Crippen LogP) is 3.50. The highest BCUT2D eigenvalue weighted by molar-refractivity contribution is 4.97. The fourth-order valence-corrected chi connectivity index (χ4v) is 0.773. The van der Waals surface area contributed by atoms with Gasteiger partial charge in [-0.05, 0) is 25.8 Å². The predicted molar refractivity (Wildman–Crippen MR) is 46.8 cm³/mol. The van der Waals surface area contributed by atoms with Crippen molar-refractivity contribution in [2.24, 2.45) is 0 Å². The van der Waals surface area contributed by atoms with Gasteiger partial charge in [0.05, 0.1) is 0 Å². The molecule has 0 atom stereocenters. The average molecular weight is 137 g/mol. The molecule has 0 saturated heterocycles. The molecule has 0 aromatic carbocycles. The van der Waals surface area contributed by atoms with Gasteiger partial charge < -0.3 is 0 Å². The molecule has 0 rings (SSSR count). The summed E-state index contributed by atoms with van der Waals surface area (Å²) in [6.45, 7) is 4.14. The molecule has 0 N–H and O–H groups in total. The summed E-state index contributed by atoms with van der Waals surface area (Å²) in [5, 5.41) is 0. The summed E-state index contributed by atoms with van der Waals surface area (Å²) >= 11 is 0. The molecular weight excluding hydrogens is 120 g/mol. The maximum atomic E-state index is 2.95. The Balaban J connectivity index is 3.02. The maximum Gasteiger partial charge on any atom is -0.0348 e. The molecule has 0 aliphatic carbocycles. The van der Waals surface area contributed by atoms with E-state index in [1.165, 1.54) is 25.7 Å². The standard InChI is InChI=1S/C10H17/c1-3-5-7-9-10-8-6-4-2/h6,8,10H,3,5,7,9H2,1-2H3. The molecule has 0 aromatic heterocycles. The summed E-state index contributed by atoms with van der Waals surface area (Å²) in [7, 11) is 0. The van der Waals surface area contributed by atoms with E-state index in [0.29, 0.717) is 0 Å². The van der Waals surface area contributed by atoms with E-state index in [9.17, 15) is 0 Å². The molecule has 0 bridgehead atoms. The fraction of sp³-hybridized carbons (Fsp3) is 0.600. The van der Waals surface area contributed by atoms with Gasteiger partial charge in [0, 0.05) is 0 Å². The van der Waals surface area contributed by atoms with Crippen LogP contribution in [0, 0.1) is 6.08 Å². The van der Waals surface area contributed by atoms with Crippen LogP contribution in [0.5, 0.6) is 0 Å². The van der Waals surface area contributed by atoms with Crippen LogP contribution >= 0.6 is 0 Å². The smallest absolute Gasteiger partial charge is 0.0348 e. The van der Waals surface area contributed by atoms with Crippen molar-refractivity contribution in [3.05, 3.63) is 24.3 Å². The highest BCUT2D eigenvalue weighted by atomic mass is 13.9. The van der Waals surface area contributed by atoms with Gasteiger partial charge in [-0.3, -0.25) is 0 Å². The van der Waals surface area contributed by atoms with E-state index in [1.807, 2.05) is 13.0 Å². The van der Waals surface area contributed by atoms with Crippen LogP contribution in [0.1, 0.15) is 39.5 Å². The van der Waals surface area contributed by atoms with Gasteiger partial charge in [-0.15, -0.1) is 0 Å². The van der Waals surface area contributed by atoms with E-state index in [-0.39, 0.29) is 0 Å². The first-order valence-corrected chi connectivity index (χ1v) is 4.07. The van der Waals surface area contributed by atoms with Gasteiger partial charge in [-0.1, -0.05) is 38.0 Å². The fourth-order valence-electron chi connectivity index (χ4n) is 0.773. The molecule has 0 fully saturated rings. The normalized spacial score (nSPS) is 11.8. The van der Waals surface area contributed by atoms with Crippen molar-refractivity contribution in [1.82, 2.24) is 0 Å². The first kappa shape index (κ1) is 9.48. The first-order valence-electron chi connectivity index (χ1n) is 4.07. The lowest BCUT2D eigenvalue weighted by Gasteiger charge is -1.89. The quantitative estimate of drug-likeness (QED) is 0.402. The molecule has 1 radical (unpaired) electrons. The molecule has 0 aromatic rings. The van der Waals surface area contributed by atoms with Crippen LogP contribution in [0.4, 0.5) is 0 Å². The van der Waals surface area contributed by atoms with Crippen molar-refractivity contribution in [2.45, 2.75) is 39.5 Å². The second-order valence-corrected chi connectivity index (χ2v) is 2.38. The summed E-state index contributed by atoms with van der Waals surface area (Å²) in [5.41, 5.74) is 0. The number of allylic oxidation sites excluding steroid dienone is 4. The Hall–Kier alpha value is -0.520. The zero-order valence-corrected chi connectivity index (χ0v) is 7.06. The van der Waals surface area contributed by atoms with Crippen molar-refractivity contribution < 1.29 is 0 Å². The molecule has 0 heterocycles. The van der Waals surface area contributed by atoms with Gasteiger partial charge in [-0.2, -0.15) is 0 Å². The van der Waals surface area contributed by atoms with Gasteiger partial charge in [0.15, 0.2) is 0 Å². The Morgan fingerprint density at radius 1 is 1.30 bits per heavy atom. The van der Waals surface area contributed by atoms with E-state index < -0.39 is 0 Å². The lowest BCUT2D eigenvalue weighted by Crippen LogP contribution is -1.69. The number of hydrogen-bond acceptors (Lipinski definition) is 0. The van der Waals surface area contributed by atoms with Crippen LogP contribution in [0.15, 0.2) is 18.2 Å². The molecule has 0 unspecified atom stereocenters. The van der Waals surface area contributed by atoms with Gasteiger partial charge in [0.25, 0.3) is 0 Å². The Kier molecular flexibility index (Phi) is 8.04. The highest BCUT2D eigenvalue weighted by Crippen LogP contribution is 1.99. The second kappa shape index (κ2) is 8.48. The lowest BCUT2D eigenvalue weighted by molar-refractivity contribution is 0.729. The average Bonchev–Trinajstić information content (AvgIpc) is 1.97. The topological polar surface area (TPSA) is 0 Å². The minimum Gasteiger partial charge on any atom is -0.0845 e. The zero-order chi connectivity index (χ0) is 7.66. The minimum atomic E-state index is 1.21. The van der Waals surface area contributed by atoms with Crippen LogP contribution < -0.4 is 0 Å². The van der Waals surface area contributed by atoms with Crippen LogP contribution in [0.25, 0.3) is 0 Å². The lowest BCUT2D eigenvalue weighted by atomic mass is 10.2. The molecule has 0 spiro atoms. The Morgan fingerprint density at radius 3 is 2.70 bits per heavy atom. The summed E-state index contributed by atoms with van der Waals surface area (Å²) in [6.07, 6.45) is 14.4. The van der Waals surface area contributed by atoms with Crippen LogP contribution in [0.2, 0.25) is 0 Å². The molecule has 0 saturated carbocycles. The van der Waals surface area contributed by atoms with Gasteiger partial charge in [-0.25, -0.2) is 0 Å². The van der Waals surface area contributed by atoms with E-state index in [4.69, 9.17) is 0 Å². The largest absolute Gasteiger partial charge is 0.0845 e. The molecule has 0 nitrogen and oxygen atoms in total. The summed E-state index contributed by atoms with van der Waals surface area (Å²) in [5.74, 6) is 0. The maximum absolute atomic E-state index is 2.95. The van der Waals surface area contributed by atoms with Crippen LogP contribution in [-0.2, 0) is 0 Å². The van der Waals surface area contributed by atoms with E-state index in [0.717, 1.165) is 0 Å². The van der Waals surface area contributed by atoms with Crippen molar-refractivity contribution in [3.63, 3.8) is 0 Å². The van der Waals surface area contributed by atoms with Crippen molar-refractivity contribution in [3.8, 4) is 0 Å². The first-order chi connectivity index (χ1) is 4.91. The third-order valence-electron chi connectivity index (χ3n) is 1.37. The van der Waals surface area contributed by atoms with Gasteiger partial charge in [0.1, 0.15) is 0 Å². The van der Waals surface area contributed by atoms with E-state index >= 15 is 0 Å². The Bertz CT molecular complexity index is 98.6. The van der Waals surface area contributed by atoms with E-state index in [2.05, 4.69) is 25.2 Å². The molecule has 0 aliphatic heterocycles. The monoisotopic (exact) mass is 137 g/mol.